The number of phenolic OH excluding ortho intramolecular Hbond substituents is 1. The molecule has 1 rings (SSSR count). The van der Waals surface area contributed by atoms with Gasteiger partial charge in [0.15, 0.2) is 0 Å². The van der Waals surface area contributed by atoms with Gasteiger partial charge < -0.3 is 10.8 Å². The summed E-state index contributed by atoms with van der Waals surface area (Å²) in [5.74, 6) is 0.151. The first-order chi connectivity index (χ1) is 5.24. The van der Waals surface area contributed by atoms with Crippen molar-refractivity contribution in [3.8, 4) is 5.75 Å². The molecule has 0 aliphatic rings. The van der Waals surface area contributed by atoms with Crippen LogP contribution in [0.25, 0.3) is 0 Å². The molecule has 0 fully saturated rings. The van der Waals surface area contributed by atoms with Gasteiger partial charge in [0, 0.05) is 6.42 Å². The summed E-state index contributed by atoms with van der Waals surface area (Å²) in [7, 11) is 0. The molecule has 0 amide bonds. The predicted octanol–water partition coefficient (Wildman–Crippen LogP) is 0.830. The quantitative estimate of drug-likeness (QED) is 0.682. The van der Waals surface area contributed by atoms with Crippen LogP contribution in [-0.2, 0) is 6.42 Å². The minimum absolute atomic E-state index is 0.151. The van der Waals surface area contributed by atoms with Crippen molar-refractivity contribution in [1.82, 2.24) is 0 Å². The zero-order valence-corrected chi connectivity index (χ0v) is 6.93. The maximum atomic E-state index is 9.17. The molecule has 11 heavy (non-hydrogen) atoms. The highest BCUT2D eigenvalue weighted by atomic mass is 35.5. The summed E-state index contributed by atoms with van der Waals surface area (Å²) in [5.41, 5.74) is 4.79. The van der Waals surface area contributed by atoms with Crippen LogP contribution in [-0.4, -0.2) is 11.7 Å². The lowest BCUT2D eigenvalue weighted by Gasteiger charge is -1.99. The van der Waals surface area contributed by atoms with Gasteiger partial charge in [0.05, 0.1) is 11.6 Å². The monoisotopic (exact) mass is 172 g/mol. The fraction of sp³-hybridized carbons (Fsp3) is 0.250. The van der Waals surface area contributed by atoms with Gasteiger partial charge in [0.1, 0.15) is 5.75 Å². The number of hydrogen-bond acceptors (Lipinski definition) is 1. The van der Waals surface area contributed by atoms with E-state index in [0.29, 0.717) is 5.02 Å². The molecule has 0 saturated heterocycles. The standard InChI is InChI=1S/C8H10ClNO/c9-7-2-1-6(3-4-10)5-8(7)11/h1-2,5,11H,3-4,10H2/p+1. The van der Waals surface area contributed by atoms with E-state index in [0.717, 1.165) is 18.5 Å². The molecular formula is C8H11ClNO+. The molecular weight excluding hydrogens is 162 g/mol. The van der Waals surface area contributed by atoms with Crippen LogP contribution in [0.3, 0.4) is 0 Å². The molecule has 0 aliphatic heterocycles. The maximum Gasteiger partial charge on any atom is 0.134 e. The Morgan fingerprint density at radius 1 is 1.45 bits per heavy atom. The summed E-state index contributed by atoms with van der Waals surface area (Å²) in [6.45, 7) is 0.834. The van der Waals surface area contributed by atoms with Gasteiger partial charge in [-0.25, -0.2) is 0 Å². The average Bonchev–Trinajstić information content (AvgIpc) is 1.98. The summed E-state index contributed by atoms with van der Waals surface area (Å²) >= 11 is 5.62. The topological polar surface area (TPSA) is 47.9 Å². The summed E-state index contributed by atoms with van der Waals surface area (Å²) < 4.78 is 0. The van der Waals surface area contributed by atoms with Gasteiger partial charge in [-0.3, -0.25) is 0 Å². The third-order valence-electron chi connectivity index (χ3n) is 1.48. The molecule has 1 aromatic rings. The maximum absolute atomic E-state index is 9.17. The first kappa shape index (κ1) is 8.37. The highest BCUT2D eigenvalue weighted by Crippen LogP contribution is 2.23. The van der Waals surface area contributed by atoms with Crippen LogP contribution in [0.15, 0.2) is 18.2 Å². The van der Waals surface area contributed by atoms with Crippen LogP contribution in [0.1, 0.15) is 5.56 Å². The van der Waals surface area contributed by atoms with Gasteiger partial charge in [-0.05, 0) is 17.7 Å². The molecule has 0 aliphatic carbocycles. The van der Waals surface area contributed by atoms with E-state index in [2.05, 4.69) is 5.73 Å². The van der Waals surface area contributed by atoms with Gasteiger partial charge in [-0.15, -0.1) is 0 Å². The Hall–Kier alpha value is -0.730. The van der Waals surface area contributed by atoms with E-state index in [1.807, 2.05) is 6.07 Å². The van der Waals surface area contributed by atoms with Gasteiger partial charge in [-0.2, -0.15) is 0 Å². The van der Waals surface area contributed by atoms with Crippen molar-refractivity contribution in [2.45, 2.75) is 6.42 Å². The van der Waals surface area contributed by atoms with Gasteiger partial charge in [0.25, 0.3) is 0 Å². The van der Waals surface area contributed by atoms with Crippen molar-refractivity contribution in [3.05, 3.63) is 28.8 Å². The number of rotatable bonds is 2. The van der Waals surface area contributed by atoms with E-state index < -0.39 is 0 Å². The molecule has 0 aromatic heterocycles. The molecule has 1 aromatic carbocycles. The lowest BCUT2D eigenvalue weighted by atomic mass is 10.1. The summed E-state index contributed by atoms with van der Waals surface area (Å²) in [6.07, 6.45) is 0.880. The fourth-order valence-corrected chi connectivity index (χ4v) is 1.04. The van der Waals surface area contributed by atoms with Crippen LogP contribution in [0.5, 0.6) is 5.75 Å². The largest absolute Gasteiger partial charge is 0.506 e. The molecule has 2 nitrogen and oxygen atoms in total. The molecule has 0 bridgehead atoms. The number of benzene rings is 1. The molecule has 4 N–H and O–H groups in total. The lowest BCUT2D eigenvalue weighted by molar-refractivity contribution is -0.366. The Morgan fingerprint density at radius 3 is 2.73 bits per heavy atom. The molecule has 60 valence electrons. The molecule has 0 saturated carbocycles. The van der Waals surface area contributed by atoms with E-state index in [9.17, 15) is 5.11 Å². The SMILES string of the molecule is [NH3+]CCc1ccc(Cl)c(O)c1. The number of halogens is 1. The van der Waals surface area contributed by atoms with E-state index >= 15 is 0 Å². The third-order valence-corrected chi connectivity index (χ3v) is 1.80. The van der Waals surface area contributed by atoms with Crippen molar-refractivity contribution in [1.29, 1.82) is 0 Å². The van der Waals surface area contributed by atoms with Crippen molar-refractivity contribution < 1.29 is 10.8 Å². The highest BCUT2D eigenvalue weighted by Gasteiger charge is 1.98. The Kier molecular flexibility index (Phi) is 2.74. The van der Waals surface area contributed by atoms with Crippen LogP contribution in [0.4, 0.5) is 0 Å². The number of hydrogen-bond donors (Lipinski definition) is 2. The zero-order valence-electron chi connectivity index (χ0n) is 6.18. The molecule has 3 heteroatoms. The normalized spacial score (nSPS) is 10.0. The smallest absolute Gasteiger partial charge is 0.134 e. The Balaban J connectivity index is 2.86. The van der Waals surface area contributed by atoms with E-state index in [1.165, 1.54) is 0 Å². The van der Waals surface area contributed by atoms with Crippen molar-refractivity contribution in [2.75, 3.05) is 6.54 Å². The van der Waals surface area contributed by atoms with Crippen LogP contribution < -0.4 is 5.73 Å². The number of quaternary nitrogens is 1. The Labute approximate surface area is 70.6 Å². The van der Waals surface area contributed by atoms with Gasteiger partial charge in [-0.1, -0.05) is 17.7 Å². The number of aromatic hydroxyl groups is 1. The molecule has 0 unspecified atom stereocenters. The average molecular weight is 173 g/mol. The fourth-order valence-electron chi connectivity index (χ4n) is 0.918. The van der Waals surface area contributed by atoms with E-state index in [4.69, 9.17) is 11.6 Å². The van der Waals surface area contributed by atoms with Crippen LogP contribution >= 0.6 is 11.6 Å². The van der Waals surface area contributed by atoms with Crippen LogP contribution in [0, 0.1) is 0 Å². The summed E-state index contributed by atoms with van der Waals surface area (Å²) in [4.78, 5) is 0. The van der Waals surface area contributed by atoms with Crippen molar-refractivity contribution >= 4 is 11.6 Å². The van der Waals surface area contributed by atoms with Crippen LogP contribution in [0.2, 0.25) is 5.02 Å². The molecule has 0 heterocycles. The van der Waals surface area contributed by atoms with E-state index in [1.54, 1.807) is 12.1 Å². The summed E-state index contributed by atoms with van der Waals surface area (Å²) in [5, 5.41) is 9.58. The first-order valence-electron chi connectivity index (χ1n) is 3.50. The highest BCUT2D eigenvalue weighted by molar-refractivity contribution is 6.31. The van der Waals surface area contributed by atoms with Crippen molar-refractivity contribution in [2.24, 2.45) is 0 Å². The van der Waals surface area contributed by atoms with E-state index in [-0.39, 0.29) is 5.75 Å². The molecule has 0 radical (unpaired) electrons. The first-order valence-corrected chi connectivity index (χ1v) is 3.88. The number of phenols is 1. The zero-order chi connectivity index (χ0) is 8.27. The molecule has 0 atom stereocenters. The van der Waals surface area contributed by atoms with Crippen molar-refractivity contribution in [3.63, 3.8) is 0 Å². The minimum atomic E-state index is 0.151. The van der Waals surface area contributed by atoms with Gasteiger partial charge >= 0.3 is 0 Å². The second-order valence-corrected chi connectivity index (χ2v) is 2.80. The summed E-state index contributed by atoms with van der Waals surface area (Å²) in [6, 6.07) is 5.27. The lowest BCUT2D eigenvalue weighted by Crippen LogP contribution is -2.51. The third kappa shape index (κ3) is 2.10. The predicted molar refractivity (Wildman–Crippen MR) is 44.6 cm³/mol. The van der Waals surface area contributed by atoms with Gasteiger partial charge in [0.2, 0.25) is 0 Å². The second-order valence-electron chi connectivity index (χ2n) is 2.39. The minimum Gasteiger partial charge on any atom is -0.506 e. The Morgan fingerprint density at radius 2 is 2.18 bits per heavy atom. The molecule has 0 spiro atoms. The Bertz CT molecular complexity index is 250. The second kappa shape index (κ2) is 3.60.